The van der Waals surface area contributed by atoms with Gasteiger partial charge in [-0.25, -0.2) is 9.18 Å². The van der Waals surface area contributed by atoms with E-state index in [2.05, 4.69) is 22.9 Å². The van der Waals surface area contributed by atoms with Gasteiger partial charge in [0, 0.05) is 12.6 Å². The largest absolute Gasteiger partial charge is 0.354 e. The van der Waals surface area contributed by atoms with E-state index in [0.717, 1.165) is 24.8 Å². The maximum absolute atomic E-state index is 12.8. The molecule has 0 aromatic heterocycles. The molecule has 0 bridgehead atoms. The van der Waals surface area contributed by atoms with Gasteiger partial charge in [-0.3, -0.25) is 4.79 Å². The van der Waals surface area contributed by atoms with Gasteiger partial charge in [0.1, 0.15) is 5.82 Å². The number of nitrogens with one attached hydrogen (secondary N) is 3. The second-order valence-electron chi connectivity index (χ2n) is 6.42. The predicted molar refractivity (Wildman–Crippen MR) is 91.1 cm³/mol. The molecule has 0 aliphatic heterocycles. The first-order valence-electron chi connectivity index (χ1n) is 8.60. The van der Waals surface area contributed by atoms with Gasteiger partial charge >= 0.3 is 6.03 Å². The van der Waals surface area contributed by atoms with Crippen molar-refractivity contribution in [3.05, 3.63) is 35.6 Å². The molecule has 0 unspecified atom stereocenters. The van der Waals surface area contributed by atoms with E-state index in [9.17, 15) is 14.0 Å². The summed E-state index contributed by atoms with van der Waals surface area (Å²) in [4.78, 5) is 23.6. The quantitative estimate of drug-likeness (QED) is 0.747. The van der Waals surface area contributed by atoms with Crippen molar-refractivity contribution in [3.63, 3.8) is 0 Å². The van der Waals surface area contributed by atoms with Gasteiger partial charge in [-0.2, -0.15) is 0 Å². The Kier molecular flexibility index (Phi) is 7.03. The normalized spacial score (nSPS) is 20.2. The number of halogens is 1. The molecule has 5 nitrogen and oxygen atoms in total. The zero-order valence-electron chi connectivity index (χ0n) is 14.1. The average Bonchev–Trinajstić information content (AvgIpc) is 2.57. The molecule has 1 aromatic rings. The smallest absolute Gasteiger partial charge is 0.315 e. The SMILES string of the molecule is C[C@@H]1CCCC[C@H]1NC(=O)NCC(=O)NCCc1ccc(F)cc1. The van der Waals surface area contributed by atoms with Gasteiger partial charge in [-0.1, -0.05) is 31.9 Å². The monoisotopic (exact) mass is 335 g/mol. The Balaban J connectivity index is 1.60. The highest BCUT2D eigenvalue weighted by Crippen LogP contribution is 2.23. The Morgan fingerprint density at radius 1 is 1.12 bits per heavy atom. The molecule has 1 aromatic carbocycles. The number of amides is 3. The number of hydrogen-bond donors (Lipinski definition) is 3. The van der Waals surface area contributed by atoms with Crippen LogP contribution in [0.1, 0.15) is 38.2 Å². The highest BCUT2D eigenvalue weighted by Gasteiger charge is 2.22. The summed E-state index contributed by atoms with van der Waals surface area (Å²) < 4.78 is 12.8. The maximum Gasteiger partial charge on any atom is 0.315 e. The summed E-state index contributed by atoms with van der Waals surface area (Å²) >= 11 is 0. The lowest BCUT2D eigenvalue weighted by atomic mass is 9.86. The first-order valence-corrected chi connectivity index (χ1v) is 8.60. The van der Waals surface area contributed by atoms with Crippen molar-refractivity contribution in [2.24, 2.45) is 5.92 Å². The van der Waals surface area contributed by atoms with Crippen LogP contribution in [-0.4, -0.2) is 31.1 Å². The summed E-state index contributed by atoms with van der Waals surface area (Å²) in [5, 5.41) is 8.28. The maximum atomic E-state index is 12.8. The molecule has 132 valence electrons. The molecule has 6 heteroatoms. The van der Waals surface area contributed by atoms with Crippen LogP contribution in [0.4, 0.5) is 9.18 Å². The number of carbonyl (C=O) groups is 2. The van der Waals surface area contributed by atoms with Crippen LogP contribution in [-0.2, 0) is 11.2 Å². The molecular weight excluding hydrogens is 309 g/mol. The fourth-order valence-electron chi connectivity index (χ4n) is 2.97. The molecule has 1 aliphatic rings. The summed E-state index contributed by atoms with van der Waals surface area (Å²) in [6.45, 7) is 2.55. The fourth-order valence-corrected chi connectivity index (χ4v) is 2.97. The summed E-state index contributed by atoms with van der Waals surface area (Å²) in [6.07, 6.45) is 5.11. The van der Waals surface area contributed by atoms with Crippen LogP contribution in [0, 0.1) is 11.7 Å². The van der Waals surface area contributed by atoms with Crippen molar-refractivity contribution < 1.29 is 14.0 Å². The van der Waals surface area contributed by atoms with Gasteiger partial charge in [-0.05, 0) is 42.9 Å². The Bertz CT molecular complexity index is 548. The molecule has 0 radical (unpaired) electrons. The van der Waals surface area contributed by atoms with Crippen LogP contribution < -0.4 is 16.0 Å². The van der Waals surface area contributed by atoms with Crippen LogP contribution >= 0.6 is 0 Å². The molecule has 2 atom stereocenters. The summed E-state index contributed by atoms with van der Waals surface area (Å²) in [6, 6.07) is 6.09. The highest BCUT2D eigenvalue weighted by molar-refractivity contribution is 5.83. The molecule has 0 heterocycles. The Morgan fingerprint density at radius 3 is 2.54 bits per heavy atom. The summed E-state index contributed by atoms with van der Waals surface area (Å²) in [5.74, 6) is -0.0247. The molecule has 3 amide bonds. The highest BCUT2D eigenvalue weighted by atomic mass is 19.1. The molecular formula is C18H26FN3O2. The number of rotatable bonds is 6. The van der Waals surface area contributed by atoms with Crippen molar-refractivity contribution in [3.8, 4) is 0 Å². The van der Waals surface area contributed by atoms with Crippen LogP contribution in [0.3, 0.4) is 0 Å². The first-order chi connectivity index (χ1) is 11.5. The van der Waals surface area contributed by atoms with E-state index in [0.29, 0.717) is 18.9 Å². The number of carbonyl (C=O) groups excluding carboxylic acids is 2. The van der Waals surface area contributed by atoms with Gasteiger partial charge in [0.05, 0.1) is 6.54 Å². The average molecular weight is 335 g/mol. The Labute approximate surface area is 142 Å². The van der Waals surface area contributed by atoms with Gasteiger partial charge in [0.15, 0.2) is 0 Å². The third-order valence-electron chi connectivity index (χ3n) is 4.49. The molecule has 1 aliphatic carbocycles. The van der Waals surface area contributed by atoms with Gasteiger partial charge in [-0.15, -0.1) is 0 Å². The lowest BCUT2D eigenvalue weighted by Crippen LogP contribution is -2.48. The van der Waals surface area contributed by atoms with Crippen LogP contribution in [0.15, 0.2) is 24.3 Å². The molecule has 1 fully saturated rings. The van der Waals surface area contributed by atoms with E-state index in [4.69, 9.17) is 0 Å². The van der Waals surface area contributed by atoms with Crippen LogP contribution in [0.5, 0.6) is 0 Å². The van der Waals surface area contributed by atoms with E-state index in [1.807, 2.05) is 0 Å². The van der Waals surface area contributed by atoms with Gasteiger partial charge in [0.2, 0.25) is 5.91 Å². The van der Waals surface area contributed by atoms with E-state index in [1.54, 1.807) is 12.1 Å². The molecule has 2 rings (SSSR count). The van der Waals surface area contributed by atoms with Gasteiger partial charge < -0.3 is 16.0 Å². The number of benzene rings is 1. The summed E-state index contributed by atoms with van der Waals surface area (Å²) in [7, 11) is 0. The van der Waals surface area contributed by atoms with Crippen molar-refractivity contribution >= 4 is 11.9 Å². The predicted octanol–water partition coefficient (Wildman–Crippen LogP) is 2.36. The zero-order chi connectivity index (χ0) is 17.4. The molecule has 3 N–H and O–H groups in total. The van der Waals surface area contributed by atoms with Crippen molar-refractivity contribution in [2.45, 2.75) is 45.1 Å². The Hall–Kier alpha value is -2.11. The first kappa shape index (κ1) is 18.2. The van der Waals surface area contributed by atoms with Crippen molar-refractivity contribution in [1.29, 1.82) is 0 Å². The van der Waals surface area contributed by atoms with Crippen molar-refractivity contribution in [2.75, 3.05) is 13.1 Å². The van der Waals surface area contributed by atoms with Crippen LogP contribution in [0.25, 0.3) is 0 Å². The molecule has 1 saturated carbocycles. The Morgan fingerprint density at radius 2 is 1.83 bits per heavy atom. The molecule has 24 heavy (non-hydrogen) atoms. The summed E-state index contributed by atoms with van der Waals surface area (Å²) in [5.41, 5.74) is 0.952. The van der Waals surface area contributed by atoms with Gasteiger partial charge in [0.25, 0.3) is 0 Å². The second kappa shape index (κ2) is 9.25. The van der Waals surface area contributed by atoms with E-state index in [1.165, 1.54) is 18.6 Å². The lowest BCUT2D eigenvalue weighted by Gasteiger charge is -2.29. The zero-order valence-corrected chi connectivity index (χ0v) is 14.1. The van der Waals surface area contributed by atoms with Crippen LogP contribution in [0.2, 0.25) is 0 Å². The lowest BCUT2D eigenvalue weighted by molar-refractivity contribution is -0.120. The minimum Gasteiger partial charge on any atom is -0.354 e. The van der Waals surface area contributed by atoms with E-state index in [-0.39, 0.29) is 30.3 Å². The van der Waals surface area contributed by atoms with E-state index < -0.39 is 0 Å². The third-order valence-corrected chi connectivity index (χ3v) is 4.49. The fraction of sp³-hybridized carbons (Fsp3) is 0.556. The minimum absolute atomic E-state index is 0.0453. The standard InChI is InChI=1S/C18H26FN3O2/c1-13-4-2-3-5-16(13)22-18(24)21-12-17(23)20-11-10-14-6-8-15(19)9-7-14/h6-9,13,16H,2-5,10-12H2,1H3,(H,20,23)(H2,21,22,24)/t13-,16-/m1/s1. The topological polar surface area (TPSA) is 70.2 Å². The minimum atomic E-state index is -0.289. The number of urea groups is 1. The second-order valence-corrected chi connectivity index (χ2v) is 6.42. The van der Waals surface area contributed by atoms with Crippen molar-refractivity contribution in [1.82, 2.24) is 16.0 Å². The van der Waals surface area contributed by atoms with E-state index >= 15 is 0 Å². The molecule has 0 spiro atoms. The molecule has 0 saturated heterocycles. The third kappa shape index (κ3) is 6.18. The number of hydrogen-bond acceptors (Lipinski definition) is 2.